The zero-order chi connectivity index (χ0) is 12.0. The molecule has 0 aromatic heterocycles. The number of ether oxygens (including phenoxy) is 1. The number of hydrogen-bond acceptors (Lipinski definition) is 3. The second-order valence-electron chi connectivity index (χ2n) is 3.82. The first kappa shape index (κ1) is 12.6. The summed E-state index contributed by atoms with van der Waals surface area (Å²) in [5.41, 5.74) is 1.74. The van der Waals surface area contributed by atoms with Crippen LogP contribution in [0.25, 0.3) is 0 Å². The van der Waals surface area contributed by atoms with E-state index in [2.05, 4.69) is 31.4 Å². The number of amides is 1. The Kier molecular flexibility index (Phi) is 4.92. The van der Waals surface area contributed by atoms with Crippen molar-refractivity contribution in [3.8, 4) is 5.75 Å². The molecular formula is C12H15NO2S. The van der Waals surface area contributed by atoms with Gasteiger partial charge >= 0.3 is 0 Å². The zero-order valence-corrected chi connectivity index (χ0v) is 10.2. The van der Waals surface area contributed by atoms with Crippen LogP contribution in [0.3, 0.4) is 0 Å². The molecule has 1 rings (SSSR count). The molecule has 0 saturated carbocycles. The maximum absolute atomic E-state index is 11.5. The van der Waals surface area contributed by atoms with Crippen LogP contribution in [0.4, 0.5) is 0 Å². The molecule has 0 atom stereocenters. The molecule has 0 radical (unpaired) electrons. The summed E-state index contributed by atoms with van der Waals surface area (Å²) in [6.45, 7) is 4.78. The van der Waals surface area contributed by atoms with Crippen molar-refractivity contribution in [2.75, 3.05) is 6.61 Å². The Labute approximate surface area is 101 Å². The van der Waals surface area contributed by atoms with Crippen molar-refractivity contribution < 1.29 is 9.53 Å². The molecule has 1 aromatic carbocycles. The van der Waals surface area contributed by atoms with Crippen LogP contribution < -0.4 is 10.1 Å². The summed E-state index contributed by atoms with van der Waals surface area (Å²) >= 11 is 4.56. The fourth-order valence-corrected chi connectivity index (χ4v) is 1.23. The molecule has 0 aliphatic carbocycles. The fourth-order valence-electron chi connectivity index (χ4n) is 1.13. The highest BCUT2D eigenvalue weighted by Gasteiger charge is 2.05. The lowest BCUT2D eigenvalue weighted by molar-refractivity contribution is 0.0978. The van der Waals surface area contributed by atoms with E-state index in [0.717, 1.165) is 0 Å². The van der Waals surface area contributed by atoms with Crippen LogP contribution in [-0.2, 0) is 0 Å². The molecule has 16 heavy (non-hydrogen) atoms. The van der Waals surface area contributed by atoms with Crippen molar-refractivity contribution in [3.05, 3.63) is 29.8 Å². The van der Waals surface area contributed by atoms with Crippen molar-refractivity contribution in [2.45, 2.75) is 13.8 Å². The molecule has 4 heteroatoms. The minimum atomic E-state index is -0.218. The molecule has 3 nitrogen and oxygen atoms in total. The summed E-state index contributed by atoms with van der Waals surface area (Å²) in [6, 6.07) is 7.04. The van der Waals surface area contributed by atoms with E-state index >= 15 is 0 Å². The van der Waals surface area contributed by atoms with Gasteiger partial charge in [0.1, 0.15) is 5.75 Å². The predicted octanol–water partition coefficient (Wildman–Crippen LogP) is 2.41. The number of carbonyl (C=O) groups is 1. The highest BCUT2D eigenvalue weighted by atomic mass is 32.1. The van der Waals surface area contributed by atoms with Gasteiger partial charge in [0.15, 0.2) is 0 Å². The Morgan fingerprint density at radius 3 is 2.94 bits per heavy atom. The van der Waals surface area contributed by atoms with E-state index in [9.17, 15) is 4.79 Å². The van der Waals surface area contributed by atoms with Crippen molar-refractivity contribution in [2.24, 2.45) is 5.92 Å². The van der Waals surface area contributed by atoms with Crippen molar-refractivity contribution in [1.29, 1.82) is 0 Å². The topological polar surface area (TPSA) is 38.3 Å². The molecule has 86 valence electrons. The van der Waals surface area contributed by atoms with Gasteiger partial charge in [-0.05, 0) is 24.1 Å². The number of thiocarbonyl (C=S) groups is 1. The second-order valence-corrected chi connectivity index (χ2v) is 4.06. The van der Waals surface area contributed by atoms with Crippen LogP contribution in [0.15, 0.2) is 24.3 Å². The van der Waals surface area contributed by atoms with Crippen molar-refractivity contribution in [3.63, 3.8) is 0 Å². The van der Waals surface area contributed by atoms with E-state index in [-0.39, 0.29) is 5.91 Å². The molecule has 0 aliphatic rings. The maximum Gasteiger partial charge on any atom is 0.255 e. The first-order valence-electron chi connectivity index (χ1n) is 5.11. The summed E-state index contributed by atoms with van der Waals surface area (Å²) in [5.74, 6) is 0.939. The van der Waals surface area contributed by atoms with Gasteiger partial charge in [0.05, 0.1) is 12.1 Å². The molecule has 0 fully saturated rings. The molecule has 0 saturated heterocycles. The third-order valence-corrected chi connectivity index (χ3v) is 1.99. The summed E-state index contributed by atoms with van der Waals surface area (Å²) in [6.07, 6.45) is 0. The van der Waals surface area contributed by atoms with Gasteiger partial charge in [-0.15, -0.1) is 0 Å². The van der Waals surface area contributed by atoms with Crippen LogP contribution in [0.2, 0.25) is 0 Å². The Morgan fingerprint density at radius 1 is 1.56 bits per heavy atom. The molecule has 0 bridgehead atoms. The fraction of sp³-hybridized carbons (Fsp3) is 0.333. The monoisotopic (exact) mass is 237 g/mol. The smallest absolute Gasteiger partial charge is 0.255 e. The SMILES string of the molecule is CC(C)COc1cccc(C(=O)NC=S)c1. The van der Waals surface area contributed by atoms with Gasteiger partial charge in [-0.3, -0.25) is 4.79 Å². The van der Waals surface area contributed by atoms with Crippen LogP contribution in [0.1, 0.15) is 24.2 Å². The summed E-state index contributed by atoms with van der Waals surface area (Å²) in [5, 5.41) is 2.45. The van der Waals surface area contributed by atoms with E-state index in [4.69, 9.17) is 4.74 Å². The predicted molar refractivity (Wildman–Crippen MR) is 67.9 cm³/mol. The lowest BCUT2D eigenvalue weighted by Gasteiger charge is -2.09. The van der Waals surface area contributed by atoms with Gasteiger partial charge in [-0.2, -0.15) is 0 Å². The van der Waals surface area contributed by atoms with Gasteiger partial charge in [0.25, 0.3) is 5.91 Å². The molecule has 0 heterocycles. The standard InChI is InChI=1S/C12H15NO2S/c1-9(2)7-15-11-5-3-4-10(6-11)12(14)13-8-16/h3-6,8-9H,7H2,1-2H3,(H,13,14,16). The molecule has 1 amide bonds. The van der Waals surface area contributed by atoms with E-state index in [1.54, 1.807) is 18.2 Å². The first-order valence-corrected chi connectivity index (χ1v) is 5.58. The summed E-state index contributed by atoms with van der Waals surface area (Å²) < 4.78 is 5.52. The normalized spacial score (nSPS) is 9.94. The molecule has 0 aliphatic heterocycles. The number of nitrogens with one attached hydrogen (secondary N) is 1. The van der Waals surface area contributed by atoms with Gasteiger partial charge in [0.2, 0.25) is 0 Å². The Balaban J connectivity index is 2.70. The minimum Gasteiger partial charge on any atom is -0.493 e. The van der Waals surface area contributed by atoms with E-state index < -0.39 is 0 Å². The summed E-state index contributed by atoms with van der Waals surface area (Å²) in [4.78, 5) is 11.5. The van der Waals surface area contributed by atoms with Crippen molar-refractivity contribution in [1.82, 2.24) is 5.32 Å². The zero-order valence-electron chi connectivity index (χ0n) is 9.40. The molecule has 0 spiro atoms. The highest BCUT2D eigenvalue weighted by Crippen LogP contribution is 2.14. The van der Waals surface area contributed by atoms with Crippen molar-refractivity contribution >= 4 is 23.6 Å². The van der Waals surface area contributed by atoms with E-state index in [1.165, 1.54) is 5.49 Å². The number of benzene rings is 1. The number of carbonyl (C=O) groups excluding carboxylic acids is 1. The Bertz CT molecular complexity index is 377. The van der Waals surface area contributed by atoms with Crippen LogP contribution in [0.5, 0.6) is 5.75 Å². The van der Waals surface area contributed by atoms with Crippen LogP contribution in [0, 0.1) is 5.92 Å². The Morgan fingerprint density at radius 2 is 2.31 bits per heavy atom. The minimum absolute atomic E-state index is 0.218. The molecule has 0 unspecified atom stereocenters. The van der Waals surface area contributed by atoms with Crippen LogP contribution >= 0.6 is 12.2 Å². The van der Waals surface area contributed by atoms with E-state index in [1.807, 2.05) is 6.07 Å². The molecule has 1 N–H and O–H groups in total. The van der Waals surface area contributed by atoms with Gasteiger partial charge in [-0.25, -0.2) is 0 Å². The quantitative estimate of drug-likeness (QED) is 0.799. The van der Waals surface area contributed by atoms with Gasteiger partial charge in [-0.1, -0.05) is 32.1 Å². The molecule has 1 aromatic rings. The Hall–Kier alpha value is -1.42. The number of hydrogen-bond donors (Lipinski definition) is 1. The third-order valence-electron chi connectivity index (χ3n) is 1.87. The lowest BCUT2D eigenvalue weighted by atomic mass is 10.2. The highest BCUT2D eigenvalue weighted by molar-refractivity contribution is 7.78. The molecular weight excluding hydrogens is 222 g/mol. The first-order chi connectivity index (χ1) is 7.63. The third kappa shape index (κ3) is 3.98. The second kappa shape index (κ2) is 6.23. The van der Waals surface area contributed by atoms with E-state index in [0.29, 0.717) is 23.8 Å². The average molecular weight is 237 g/mol. The lowest BCUT2D eigenvalue weighted by Crippen LogP contribution is -2.20. The average Bonchev–Trinajstić information content (AvgIpc) is 2.27. The summed E-state index contributed by atoms with van der Waals surface area (Å²) in [7, 11) is 0. The van der Waals surface area contributed by atoms with Crippen LogP contribution in [-0.4, -0.2) is 18.0 Å². The van der Waals surface area contributed by atoms with Gasteiger partial charge < -0.3 is 10.1 Å². The number of rotatable bonds is 5. The largest absolute Gasteiger partial charge is 0.493 e. The van der Waals surface area contributed by atoms with Gasteiger partial charge in [0, 0.05) is 5.56 Å². The maximum atomic E-state index is 11.5.